The van der Waals surface area contributed by atoms with Crippen molar-refractivity contribution in [2.75, 3.05) is 42.7 Å². The second-order valence-electron chi connectivity index (χ2n) is 9.17. The van der Waals surface area contributed by atoms with Gasteiger partial charge in [-0.2, -0.15) is 0 Å². The molecule has 2 aromatic carbocycles. The van der Waals surface area contributed by atoms with Crippen molar-refractivity contribution in [2.45, 2.75) is 55.9 Å². The van der Waals surface area contributed by atoms with Crippen LogP contribution in [0.5, 0.6) is 0 Å². The van der Waals surface area contributed by atoms with Crippen molar-refractivity contribution in [1.29, 1.82) is 0 Å². The number of nitrogens with zero attached hydrogens (tertiary/aromatic N) is 2. The highest BCUT2D eigenvalue weighted by atomic mass is 32.2. The van der Waals surface area contributed by atoms with Gasteiger partial charge in [0.2, 0.25) is 10.0 Å². The average molecular weight is 471 g/mol. The molecule has 1 aliphatic carbocycles. The highest BCUT2D eigenvalue weighted by molar-refractivity contribution is 7.89. The Kier molecular flexibility index (Phi) is 7.24. The van der Waals surface area contributed by atoms with Crippen LogP contribution in [0.15, 0.2) is 47.4 Å². The van der Waals surface area contributed by atoms with E-state index in [4.69, 9.17) is 0 Å². The second-order valence-corrected chi connectivity index (χ2v) is 11.3. The summed E-state index contributed by atoms with van der Waals surface area (Å²) in [5.74, 6) is -0.305. The Morgan fingerprint density at radius 1 is 0.909 bits per heavy atom. The topological polar surface area (TPSA) is 81.8 Å². The van der Waals surface area contributed by atoms with Crippen molar-refractivity contribution in [3.8, 4) is 0 Å². The summed E-state index contributed by atoms with van der Waals surface area (Å²) >= 11 is 0. The van der Waals surface area contributed by atoms with Gasteiger partial charge >= 0.3 is 0 Å². The van der Waals surface area contributed by atoms with Crippen molar-refractivity contribution in [3.05, 3.63) is 48.0 Å². The maximum atomic E-state index is 13.3. The lowest BCUT2D eigenvalue weighted by Gasteiger charge is -2.24. The minimum atomic E-state index is -3.64. The maximum Gasteiger partial charge on any atom is 0.257 e. The molecule has 0 spiro atoms. The molecule has 0 unspecified atom stereocenters. The quantitative estimate of drug-likeness (QED) is 0.621. The number of amides is 1. The lowest BCUT2D eigenvalue weighted by atomic mass is 9.95. The summed E-state index contributed by atoms with van der Waals surface area (Å²) < 4.78 is 26.5. The molecule has 1 saturated carbocycles. The van der Waals surface area contributed by atoms with Crippen LogP contribution in [0.1, 0.15) is 55.3 Å². The van der Waals surface area contributed by atoms with Gasteiger partial charge in [0.1, 0.15) is 0 Å². The third-order valence-corrected chi connectivity index (χ3v) is 8.37. The van der Waals surface area contributed by atoms with E-state index < -0.39 is 10.0 Å². The molecule has 1 saturated heterocycles. The van der Waals surface area contributed by atoms with Gasteiger partial charge in [-0.1, -0.05) is 19.3 Å². The average Bonchev–Trinajstić information content (AvgIpc) is 3.35. The molecular formula is C25H34N4O3S. The van der Waals surface area contributed by atoms with Gasteiger partial charge < -0.3 is 15.5 Å². The summed E-state index contributed by atoms with van der Waals surface area (Å²) in [6.07, 6.45) is 8.39. The first-order chi connectivity index (χ1) is 15.8. The molecule has 2 N–H and O–H groups in total. The molecule has 2 aromatic rings. The van der Waals surface area contributed by atoms with E-state index in [1.54, 1.807) is 12.1 Å². The van der Waals surface area contributed by atoms with Crippen molar-refractivity contribution in [2.24, 2.45) is 0 Å². The van der Waals surface area contributed by atoms with Crippen molar-refractivity contribution in [1.82, 2.24) is 4.31 Å². The number of hydrogen-bond acceptors (Lipinski definition) is 5. The molecule has 4 rings (SSSR count). The van der Waals surface area contributed by atoms with Crippen LogP contribution in [0.2, 0.25) is 0 Å². The molecular weight excluding hydrogens is 436 g/mol. The van der Waals surface area contributed by atoms with Crippen LogP contribution in [0.25, 0.3) is 0 Å². The van der Waals surface area contributed by atoms with Gasteiger partial charge in [-0.15, -0.1) is 0 Å². The first-order valence-corrected chi connectivity index (χ1v) is 13.3. The van der Waals surface area contributed by atoms with Gasteiger partial charge in [0.05, 0.1) is 10.5 Å². The van der Waals surface area contributed by atoms with E-state index >= 15 is 0 Å². The SMILES string of the molecule is CN(C)S(=O)(=O)c1ccc(N2CCCC2)c(C(=O)Nc2ccc(NC3CCCCC3)cc2)c1. The van der Waals surface area contributed by atoms with E-state index in [-0.39, 0.29) is 10.8 Å². The first-order valence-electron chi connectivity index (χ1n) is 11.8. The Morgan fingerprint density at radius 3 is 2.18 bits per heavy atom. The number of benzene rings is 2. The molecule has 33 heavy (non-hydrogen) atoms. The van der Waals surface area contributed by atoms with Crippen LogP contribution in [-0.2, 0) is 10.0 Å². The van der Waals surface area contributed by atoms with E-state index in [9.17, 15) is 13.2 Å². The Balaban J connectivity index is 1.54. The number of carbonyl (C=O) groups is 1. The number of rotatable bonds is 7. The van der Waals surface area contributed by atoms with Crippen LogP contribution >= 0.6 is 0 Å². The summed E-state index contributed by atoms with van der Waals surface area (Å²) in [5, 5.41) is 6.54. The molecule has 7 nitrogen and oxygen atoms in total. The first kappa shape index (κ1) is 23.6. The minimum Gasteiger partial charge on any atom is -0.382 e. The zero-order valence-corrected chi connectivity index (χ0v) is 20.3. The molecule has 2 aliphatic rings. The largest absolute Gasteiger partial charge is 0.382 e. The molecule has 1 amide bonds. The Hall–Kier alpha value is -2.58. The summed E-state index contributed by atoms with van der Waals surface area (Å²) in [6, 6.07) is 13.1. The summed E-state index contributed by atoms with van der Waals surface area (Å²) in [5.41, 5.74) is 2.89. The number of nitrogens with one attached hydrogen (secondary N) is 2. The highest BCUT2D eigenvalue weighted by Gasteiger charge is 2.24. The van der Waals surface area contributed by atoms with Crippen LogP contribution in [0.3, 0.4) is 0 Å². The smallest absolute Gasteiger partial charge is 0.257 e. The van der Waals surface area contributed by atoms with Crippen molar-refractivity contribution in [3.63, 3.8) is 0 Å². The van der Waals surface area contributed by atoms with Crippen LogP contribution in [0.4, 0.5) is 17.1 Å². The molecule has 0 atom stereocenters. The lowest BCUT2D eigenvalue weighted by molar-refractivity contribution is 0.102. The molecule has 1 heterocycles. The van der Waals surface area contributed by atoms with Crippen molar-refractivity contribution >= 4 is 33.0 Å². The normalized spacial score (nSPS) is 17.4. The van der Waals surface area contributed by atoms with Gasteiger partial charge in [-0.3, -0.25) is 4.79 Å². The third-order valence-electron chi connectivity index (χ3n) is 6.56. The molecule has 0 bridgehead atoms. The molecule has 178 valence electrons. The van der Waals surface area contributed by atoms with Crippen LogP contribution in [-0.4, -0.2) is 51.9 Å². The standard InChI is InChI=1S/C25H34N4O3S/c1-28(2)33(31,32)22-14-15-24(29-16-6-7-17-29)23(18-22)25(30)27-21-12-10-20(11-13-21)26-19-8-4-3-5-9-19/h10-15,18-19,26H,3-9,16-17H2,1-2H3,(H,27,30). The monoisotopic (exact) mass is 470 g/mol. The maximum absolute atomic E-state index is 13.3. The molecule has 8 heteroatoms. The minimum absolute atomic E-state index is 0.118. The van der Waals surface area contributed by atoms with Gasteiger partial charge in [0, 0.05) is 50.3 Å². The number of sulfonamides is 1. The molecule has 1 aliphatic heterocycles. The van der Waals surface area contributed by atoms with Gasteiger partial charge in [0.15, 0.2) is 0 Å². The second kappa shape index (κ2) is 10.1. The van der Waals surface area contributed by atoms with E-state index in [1.807, 2.05) is 24.3 Å². The van der Waals surface area contributed by atoms with Crippen molar-refractivity contribution < 1.29 is 13.2 Å². The predicted molar refractivity (Wildman–Crippen MR) is 134 cm³/mol. The van der Waals surface area contributed by atoms with Gasteiger partial charge in [0.25, 0.3) is 5.91 Å². The fourth-order valence-electron chi connectivity index (χ4n) is 4.63. The molecule has 0 aromatic heterocycles. The third kappa shape index (κ3) is 5.50. The van der Waals surface area contributed by atoms with E-state index in [0.717, 1.165) is 41.6 Å². The number of hydrogen-bond donors (Lipinski definition) is 2. The summed E-state index contributed by atoms with van der Waals surface area (Å²) in [4.78, 5) is 15.5. The summed E-state index contributed by atoms with van der Waals surface area (Å²) in [7, 11) is -0.654. The van der Waals surface area contributed by atoms with Gasteiger partial charge in [-0.25, -0.2) is 12.7 Å². The predicted octanol–water partition coefficient (Wildman–Crippen LogP) is 4.53. The van der Waals surface area contributed by atoms with Gasteiger partial charge in [-0.05, 0) is 68.1 Å². The number of anilines is 3. The van der Waals surface area contributed by atoms with E-state index in [0.29, 0.717) is 17.3 Å². The number of carbonyl (C=O) groups excluding carboxylic acids is 1. The zero-order chi connectivity index (χ0) is 23.4. The van der Waals surface area contributed by atoms with E-state index in [2.05, 4.69) is 15.5 Å². The fraction of sp³-hybridized carbons (Fsp3) is 0.480. The Morgan fingerprint density at radius 2 is 1.55 bits per heavy atom. The fourth-order valence-corrected chi connectivity index (χ4v) is 5.56. The zero-order valence-electron chi connectivity index (χ0n) is 19.5. The Labute approximate surface area is 197 Å². The van der Waals surface area contributed by atoms with Crippen LogP contribution < -0.4 is 15.5 Å². The lowest BCUT2D eigenvalue weighted by Crippen LogP contribution is -2.25. The van der Waals surface area contributed by atoms with E-state index in [1.165, 1.54) is 52.3 Å². The van der Waals surface area contributed by atoms with Crippen LogP contribution in [0, 0.1) is 0 Å². The Bertz CT molecular complexity index is 1070. The highest BCUT2D eigenvalue weighted by Crippen LogP contribution is 2.29. The molecule has 2 fully saturated rings. The summed E-state index contributed by atoms with van der Waals surface area (Å²) in [6.45, 7) is 1.73. The molecule has 0 radical (unpaired) electrons.